The van der Waals surface area contributed by atoms with Crippen LogP contribution in [0.15, 0.2) is 40.4 Å². The molecular weight excluding hydrogens is 200 g/mol. The molecule has 0 bridgehead atoms. The van der Waals surface area contributed by atoms with E-state index in [1.807, 2.05) is 30.3 Å². The summed E-state index contributed by atoms with van der Waals surface area (Å²) in [6, 6.07) is 9.66. The van der Waals surface area contributed by atoms with Gasteiger partial charge in [-0.2, -0.15) is 5.10 Å². The van der Waals surface area contributed by atoms with Gasteiger partial charge in [0.2, 0.25) is 0 Å². The Bertz CT molecular complexity index is 383. The lowest BCUT2D eigenvalue weighted by Gasteiger charge is -2.20. The zero-order valence-electron chi connectivity index (χ0n) is 7.31. The summed E-state index contributed by atoms with van der Waals surface area (Å²) in [6.07, 6.45) is 1.55. The third kappa shape index (κ3) is 1.92. The molecule has 0 saturated heterocycles. The summed E-state index contributed by atoms with van der Waals surface area (Å²) in [7, 11) is 0. The minimum absolute atomic E-state index is 0.715. The molecule has 1 aliphatic heterocycles. The normalized spacial score (nSPS) is 25.4. The third-order valence-electron chi connectivity index (χ3n) is 1.78. The second-order valence-corrected chi connectivity index (χ2v) is 3.48. The Balaban J connectivity index is 2.25. The maximum Gasteiger partial charge on any atom is 0.277 e. The summed E-state index contributed by atoms with van der Waals surface area (Å²) in [6.45, 7) is 0. The molecule has 72 valence electrons. The number of benzene rings is 1. The molecule has 1 aliphatic rings. The van der Waals surface area contributed by atoms with Crippen LogP contribution in [0.3, 0.4) is 0 Å². The van der Waals surface area contributed by atoms with Gasteiger partial charge in [-0.15, -0.1) is 0 Å². The van der Waals surface area contributed by atoms with E-state index in [0.29, 0.717) is 5.71 Å². The van der Waals surface area contributed by atoms with Crippen LogP contribution in [0.4, 0.5) is 0 Å². The number of hydrazone groups is 1. The van der Waals surface area contributed by atoms with Crippen LogP contribution in [0.1, 0.15) is 5.56 Å². The van der Waals surface area contributed by atoms with E-state index in [1.165, 1.54) is 0 Å². The van der Waals surface area contributed by atoms with Gasteiger partial charge in [0.05, 0.1) is 6.21 Å². The lowest BCUT2D eigenvalue weighted by Crippen LogP contribution is -2.46. The van der Waals surface area contributed by atoms with Gasteiger partial charge in [0.15, 0.2) is 0 Å². The average molecular weight is 209 g/mol. The highest BCUT2D eigenvalue weighted by molar-refractivity contribution is 6.39. The molecule has 1 aromatic carbocycles. The average Bonchev–Trinajstić information content (AvgIpc) is 2.19. The molecule has 0 radical (unpaired) electrons. The molecule has 1 aromatic rings. The first-order valence-corrected chi connectivity index (χ1v) is 4.48. The summed E-state index contributed by atoms with van der Waals surface area (Å²) in [5, 5.41) is 2.71. The SMILES string of the molecule is NC1(Cl)N=CC(c2ccccc2)=NN1. The Morgan fingerprint density at radius 3 is 2.57 bits per heavy atom. The topological polar surface area (TPSA) is 62.8 Å². The van der Waals surface area contributed by atoms with Crippen molar-refractivity contribution in [2.24, 2.45) is 15.8 Å². The molecule has 4 nitrogen and oxygen atoms in total. The van der Waals surface area contributed by atoms with Crippen LogP contribution in [0.5, 0.6) is 0 Å². The van der Waals surface area contributed by atoms with Crippen LogP contribution in [0, 0.1) is 0 Å². The second kappa shape index (κ2) is 3.40. The summed E-state index contributed by atoms with van der Waals surface area (Å²) in [5.41, 5.74) is 9.69. The Kier molecular flexibility index (Phi) is 2.23. The predicted octanol–water partition coefficient (Wildman–Crippen LogP) is 0.874. The smallest absolute Gasteiger partial charge is 0.275 e. The number of nitrogens with zero attached hydrogens (tertiary/aromatic N) is 2. The molecule has 1 unspecified atom stereocenters. The Morgan fingerprint density at radius 2 is 2.00 bits per heavy atom. The van der Waals surface area contributed by atoms with Gasteiger partial charge in [-0.3, -0.25) is 11.2 Å². The summed E-state index contributed by atoms with van der Waals surface area (Å²) in [5.74, 6) is 0. The highest BCUT2D eigenvalue weighted by Gasteiger charge is 2.21. The van der Waals surface area contributed by atoms with Gasteiger partial charge in [0, 0.05) is 5.56 Å². The van der Waals surface area contributed by atoms with Crippen molar-refractivity contribution in [3.05, 3.63) is 35.9 Å². The number of hydrogen-bond donors (Lipinski definition) is 2. The minimum atomic E-state index is -1.31. The lowest BCUT2D eigenvalue weighted by molar-refractivity contribution is 0.506. The van der Waals surface area contributed by atoms with Gasteiger partial charge in [-0.05, 0) is 0 Å². The van der Waals surface area contributed by atoms with Crippen molar-refractivity contribution in [1.82, 2.24) is 5.43 Å². The van der Waals surface area contributed by atoms with Crippen LogP contribution in [-0.2, 0) is 0 Å². The van der Waals surface area contributed by atoms with Crippen molar-refractivity contribution in [2.75, 3.05) is 0 Å². The van der Waals surface area contributed by atoms with E-state index in [0.717, 1.165) is 5.56 Å². The number of rotatable bonds is 1. The predicted molar refractivity (Wildman–Crippen MR) is 57.4 cm³/mol. The number of alkyl halides is 1. The highest BCUT2D eigenvalue weighted by atomic mass is 35.5. The molecule has 1 atom stereocenters. The zero-order chi connectivity index (χ0) is 10.0. The lowest BCUT2D eigenvalue weighted by atomic mass is 10.1. The highest BCUT2D eigenvalue weighted by Crippen LogP contribution is 2.09. The Morgan fingerprint density at radius 1 is 1.29 bits per heavy atom. The van der Waals surface area contributed by atoms with Crippen molar-refractivity contribution in [2.45, 2.75) is 5.25 Å². The van der Waals surface area contributed by atoms with E-state index in [-0.39, 0.29) is 0 Å². The molecule has 0 spiro atoms. The molecule has 0 aromatic heterocycles. The van der Waals surface area contributed by atoms with Crippen LogP contribution < -0.4 is 11.2 Å². The van der Waals surface area contributed by atoms with E-state index in [4.69, 9.17) is 17.3 Å². The molecule has 0 saturated carbocycles. The Hall–Kier alpha value is -1.39. The number of nitrogens with one attached hydrogen (secondary N) is 1. The van der Waals surface area contributed by atoms with Crippen LogP contribution in [0.2, 0.25) is 0 Å². The van der Waals surface area contributed by atoms with Crippen LogP contribution in [-0.4, -0.2) is 17.2 Å². The first-order valence-electron chi connectivity index (χ1n) is 4.11. The first-order chi connectivity index (χ1) is 6.67. The minimum Gasteiger partial charge on any atom is -0.275 e. The molecule has 1 heterocycles. The third-order valence-corrected chi connectivity index (χ3v) is 1.96. The number of hydrogen-bond acceptors (Lipinski definition) is 4. The van der Waals surface area contributed by atoms with Crippen molar-refractivity contribution >= 4 is 23.5 Å². The molecule has 5 heteroatoms. The quantitative estimate of drug-likeness (QED) is 0.532. The largest absolute Gasteiger partial charge is 0.277 e. The maximum absolute atomic E-state index is 5.69. The maximum atomic E-state index is 5.69. The second-order valence-electron chi connectivity index (χ2n) is 2.91. The number of nitrogens with two attached hydrogens (primary N) is 1. The van der Waals surface area contributed by atoms with Gasteiger partial charge >= 0.3 is 0 Å². The van der Waals surface area contributed by atoms with Crippen molar-refractivity contribution < 1.29 is 0 Å². The van der Waals surface area contributed by atoms with Crippen molar-refractivity contribution in [1.29, 1.82) is 0 Å². The van der Waals surface area contributed by atoms with E-state index in [1.54, 1.807) is 6.21 Å². The van der Waals surface area contributed by atoms with E-state index < -0.39 is 5.25 Å². The summed E-state index contributed by atoms with van der Waals surface area (Å²) < 4.78 is 0. The van der Waals surface area contributed by atoms with E-state index >= 15 is 0 Å². The van der Waals surface area contributed by atoms with Crippen molar-refractivity contribution in [3.8, 4) is 0 Å². The molecule has 0 amide bonds. The number of aliphatic imine (C=N–C) groups is 1. The van der Waals surface area contributed by atoms with Gasteiger partial charge in [-0.1, -0.05) is 41.9 Å². The zero-order valence-corrected chi connectivity index (χ0v) is 8.07. The van der Waals surface area contributed by atoms with E-state index in [9.17, 15) is 0 Å². The molecule has 14 heavy (non-hydrogen) atoms. The van der Waals surface area contributed by atoms with Crippen LogP contribution in [0.25, 0.3) is 0 Å². The van der Waals surface area contributed by atoms with Gasteiger partial charge in [-0.25, -0.2) is 4.99 Å². The molecule has 3 N–H and O–H groups in total. The molecular formula is C9H9ClN4. The summed E-state index contributed by atoms with van der Waals surface area (Å²) in [4.78, 5) is 3.90. The monoisotopic (exact) mass is 208 g/mol. The standard InChI is InChI=1S/C9H9ClN4/c10-9(11)12-6-8(13-14-9)7-4-2-1-3-5-7/h1-6,14H,11H2. The molecule has 2 rings (SSSR count). The molecule has 0 fully saturated rings. The van der Waals surface area contributed by atoms with Gasteiger partial charge in [0.25, 0.3) is 5.25 Å². The van der Waals surface area contributed by atoms with Gasteiger partial charge in [0.1, 0.15) is 5.71 Å². The number of halogens is 1. The Labute approximate surface area is 86.5 Å². The fraction of sp³-hybridized carbons (Fsp3) is 0.111. The van der Waals surface area contributed by atoms with E-state index in [2.05, 4.69) is 15.5 Å². The first kappa shape index (κ1) is 9.18. The fourth-order valence-corrected chi connectivity index (χ4v) is 1.19. The molecule has 0 aliphatic carbocycles. The van der Waals surface area contributed by atoms with Crippen LogP contribution >= 0.6 is 11.6 Å². The van der Waals surface area contributed by atoms with Crippen molar-refractivity contribution in [3.63, 3.8) is 0 Å². The summed E-state index contributed by atoms with van der Waals surface area (Å²) >= 11 is 5.69. The fourth-order valence-electron chi connectivity index (χ4n) is 1.10. The van der Waals surface area contributed by atoms with Gasteiger partial charge < -0.3 is 0 Å².